The molecule has 3 heterocycles. The summed E-state index contributed by atoms with van der Waals surface area (Å²) >= 11 is 0. The number of nitrogens with zero attached hydrogens (tertiary/aromatic N) is 2. The van der Waals surface area contributed by atoms with E-state index in [-0.39, 0.29) is 18.7 Å². The molecule has 1 fully saturated rings. The van der Waals surface area contributed by atoms with Crippen molar-refractivity contribution in [3.05, 3.63) is 30.2 Å². The van der Waals surface area contributed by atoms with Crippen molar-refractivity contribution < 1.29 is 23.4 Å². The number of rotatable bonds is 3. The maximum atomic E-state index is 12.2. The molecule has 4 rings (SSSR count). The number of hydrogen-bond donors (Lipinski definition) is 1. The Kier molecular flexibility index (Phi) is 3.58. The van der Waals surface area contributed by atoms with Crippen molar-refractivity contribution in [3.8, 4) is 11.5 Å². The fraction of sp³-hybridized carbons (Fsp3) is 0.400. The number of carbonyl (C=O) groups excluding carboxylic acids is 1. The van der Waals surface area contributed by atoms with Crippen LogP contribution in [0.5, 0.6) is 11.5 Å². The second kappa shape index (κ2) is 5.88. The molecule has 2 aromatic rings. The number of fused-ring (bicyclic) bond motifs is 1. The first-order valence-electron chi connectivity index (χ1n) is 7.44. The summed E-state index contributed by atoms with van der Waals surface area (Å²) in [6, 6.07) is 7.22. The highest BCUT2D eigenvalue weighted by molar-refractivity contribution is 5.92. The van der Waals surface area contributed by atoms with Gasteiger partial charge in [-0.3, -0.25) is 10.1 Å². The van der Waals surface area contributed by atoms with Crippen LogP contribution in [0.4, 0.5) is 6.01 Å². The van der Waals surface area contributed by atoms with Gasteiger partial charge in [0.05, 0.1) is 0 Å². The van der Waals surface area contributed by atoms with Gasteiger partial charge in [0.15, 0.2) is 11.5 Å². The smallest absolute Gasteiger partial charge is 0.322 e. The van der Waals surface area contributed by atoms with Gasteiger partial charge in [0.2, 0.25) is 12.0 Å². The van der Waals surface area contributed by atoms with E-state index in [0.29, 0.717) is 24.0 Å². The average Bonchev–Trinajstić information content (AvgIpc) is 3.25. The minimum Gasteiger partial charge on any atom is -0.485 e. The van der Waals surface area contributed by atoms with Crippen molar-refractivity contribution in [1.82, 2.24) is 10.2 Å². The number of aromatic nitrogens is 2. The topological polar surface area (TPSA) is 95.7 Å². The highest BCUT2D eigenvalue weighted by atomic mass is 16.6. The molecule has 0 saturated carbocycles. The van der Waals surface area contributed by atoms with E-state index in [1.165, 1.54) is 0 Å². The quantitative estimate of drug-likeness (QED) is 0.920. The lowest BCUT2D eigenvalue weighted by Gasteiger charge is -2.24. The minimum atomic E-state index is -0.775. The zero-order valence-corrected chi connectivity index (χ0v) is 12.2. The van der Waals surface area contributed by atoms with Gasteiger partial charge in [-0.2, -0.15) is 0 Å². The van der Waals surface area contributed by atoms with Gasteiger partial charge in [0.1, 0.15) is 12.7 Å². The third-order valence-electron chi connectivity index (χ3n) is 3.68. The second-order valence-corrected chi connectivity index (χ2v) is 5.30. The normalized spacial score (nSPS) is 22.8. The summed E-state index contributed by atoms with van der Waals surface area (Å²) in [6.07, 6.45) is 0.838. The monoisotopic (exact) mass is 317 g/mol. The van der Waals surface area contributed by atoms with E-state index in [0.717, 1.165) is 12.8 Å². The molecule has 0 unspecified atom stereocenters. The Labute approximate surface area is 131 Å². The van der Waals surface area contributed by atoms with E-state index < -0.39 is 12.0 Å². The molecule has 1 aromatic heterocycles. The Bertz CT molecular complexity index is 711. The van der Waals surface area contributed by atoms with Crippen LogP contribution in [0.2, 0.25) is 0 Å². The molecule has 2 atom stereocenters. The van der Waals surface area contributed by atoms with Crippen LogP contribution in [-0.2, 0) is 9.53 Å². The van der Waals surface area contributed by atoms with Crippen molar-refractivity contribution in [2.45, 2.75) is 25.0 Å². The van der Waals surface area contributed by atoms with Crippen LogP contribution in [0, 0.1) is 0 Å². The van der Waals surface area contributed by atoms with Crippen LogP contribution in [0.1, 0.15) is 24.8 Å². The summed E-state index contributed by atoms with van der Waals surface area (Å²) in [5, 5.41) is 10.3. The summed E-state index contributed by atoms with van der Waals surface area (Å²) in [4.78, 5) is 12.2. The van der Waals surface area contributed by atoms with Crippen LogP contribution in [0.15, 0.2) is 28.7 Å². The number of amides is 1. The van der Waals surface area contributed by atoms with E-state index >= 15 is 0 Å². The number of carbonyl (C=O) groups is 1. The molecule has 8 heteroatoms. The van der Waals surface area contributed by atoms with Gasteiger partial charge in [0.25, 0.3) is 5.91 Å². The van der Waals surface area contributed by atoms with Crippen LogP contribution in [0.3, 0.4) is 0 Å². The predicted octanol–water partition coefficient (Wildman–Crippen LogP) is 1.70. The van der Waals surface area contributed by atoms with Crippen LogP contribution < -0.4 is 14.8 Å². The molecule has 0 spiro atoms. The molecule has 8 nitrogen and oxygen atoms in total. The predicted molar refractivity (Wildman–Crippen MR) is 77.2 cm³/mol. The molecule has 23 heavy (non-hydrogen) atoms. The lowest BCUT2D eigenvalue weighted by Crippen LogP contribution is -2.40. The molecule has 120 valence electrons. The molecule has 1 saturated heterocycles. The second-order valence-electron chi connectivity index (χ2n) is 5.30. The molecule has 2 aliphatic heterocycles. The lowest BCUT2D eigenvalue weighted by molar-refractivity contribution is -0.125. The van der Waals surface area contributed by atoms with Gasteiger partial charge in [-0.25, -0.2) is 0 Å². The summed E-state index contributed by atoms with van der Waals surface area (Å²) in [5.74, 6) is 1.13. The van der Waals surface area contributed by atoms with Crippen molar-refractivity contribution in [1.29, 1.82) is 0 Å². The van der Waals surface area contributed by atoms with Gasteiger partial charge in [0, 0.05) is 6.61 Å². The van der Waals surface area contributed by atoms with Gasteiger partial charge in [-0.15, -0.1) is 5.10 Å². The first kappa shape index (κ1) is 14.0. The number of anilines is 1. The van der Waals surface area contributed by atoms with E-state index in [4.69, 9.17) is 18.6 Å². The number of hydrogen-bond acceptors (Lipinski definition) is 7. The zero-order valence-electron chi connectivity index (χ0n) is 12.2. The van der Waals surface area contributed by atoms with Gasteiger partial charge in [-0.1, -0.05) is 17.2 Å². The number of ether oxygens (including phenoxy) is 3. The summed E-state index contributed by atoms with van der Waals surface area (Å²) in [5.41, 5.74) is 0. The molecule has 0 bridgehead atoms. The standard InChI is InChI=1S/C15H15N3O5/c19-13(12-8-21-9-4-1-2-5-10(9)22-12)16-15-18-17-14(23-15)11-6-3-7-20-11/h1-2,4-5,11-12H,3,6-8H2,(H,16,18,19)/t11-,12+/m0/s1. The number of nitrogens with one attached hydrogen (secondary N) is 1. The Morgan fingerprint density at radius 3 is 2.91 bits per heavy atom. The number of para-hydroxylation sites is 2. The molecule has 1 N–H and O–H groups in total. The summed E-state index contributed by atoms with van der Waals surface area (Å²) in [7, 11) is 0. The van der Waals surface area contributed by atoms with Gasteiger partial charge >= 0.3 is 6.01 Å². The first-order chi connectivity index (χ1) is 11.3. The molecular formula is C15H15N3O5. The van der Waals surface area contributed by atoms with Gasteiger partial charge in [-0.05, 0) is 25.0 Å². The molecule has 1 aromatic carbocycles. The highest BCUT2D eigenvalue weighted by Gasteiger charge is 2.29. The first-order valence-corrected chi connectivity index (χ1v) is 7.44. The zero-order chi connectivity index (χ0) is 15.6. The van der Waals surface area contributed by atoms with E-state index in [9.17, 15) is 4.79 Å². The van der Waals surface area contributed by atoms with E-state index in [1.54, 1.807) is 12.1 Å². The lowest BCUT2D eigenvalue weighted by atomic mass is 10.2. The molecule has 2 aliphatic rings. The highest BCUT2D eigenvalue weighted by Crippen LogP contribution is 2.31. The summed E-state index contributed by atoms with van der Waals surface area (Å²) in [6.45, 7) is 0.803. The fourth-order valence-corrected chi connectivity index (χ4v) is 2.52. The van der Waals surface area contributed by atoms with E-state index in [2.05, 4.69) is 15.5 Å². The Morgan fingerprint density at radius 1 is 1.22 bits per heavy atom. The summed E-state index contributed by atoms with van der Waals surface area (Å²) < 4.78 is 22.0. The minimum absolute atomic E-state index is 0.0305. The van der Waals surface area contributed by atoms with Crippen molar-refractivity contribution in [2.24, 2.45) is 0 Å². The maximum absolute atomic E-state index is 12.2. The van der Waals surface area contributed by atoms with Crippen LogP contribution >= 0.6 is 0 Å². The third-order valence-corrected chi connectivity index (χ3v) is 3.68. The SMILES string of the molecule is O=C(Nc1nnc([C@@H]2CCCO2)o1)[C@H]1COc2ccccc2O1. The van der Waals surface area contributed by atoms with Crippen molar-refractivity contribution >= 4 is 11.9 Å². The van der Waals surface area contributed by atoms with Crippen LogP contribution in [-0.4, -0.2) is 35.4 Å². The largest absolute Gasteiger partial charge is 0.485 e. The van der Waals surface area contributed by atoms with Crippen molar-refractivity contribution in [3.63, 3.8) is 0 Å². The van der Waals surface area contributed by atoms with Crippen molar-refractivity contribution in [2.75, 3.05) is 18.5 Å². The average molecular weight is 317 g/mol. The molecule has 0 radical (unpaired) electrons. The number of benzene rings is 1. The fourth-order valence-electron chi connectivity index (χ4n) is 2.52. The molecule has 1 amide bonds. The van der Waals surface area contributed by atoms with E-state index in [1.807, 2.05) is 12.1 Å². The molecule has 0 aliphatic carbocycles. The molecular weight excluding hydrogens is 302 g/mol. The Balaban J connectivity index is 1.40. The maximum Gasteiger partial charge on any atom is 0.322 e. The Hall–Kier alpha value is -2.61. The third kappa shape index (κ3) is 2.85. The van der Waals surface area contributed by atoms with Crippen LogP contribution in [0.25, 0.3) is 0 Å². The Morgan fingerprint density at radius 2 is 2.09 bits per heavy atom. The van der Waals surface area contributed by atoms with Gasteiger partial charge < -0.3 is 18.6 Å².